The Morgan fingerprint density at radius 1 is 1.06 bits per heavy atom. The third-order valence-electron chi connectivity index (χ3n) is 4.15. The highest BCUT2D eigenvalue weighted by atomic mass is 15.6. The fraction of sp³-hybridized carbons (Fsp3) is 0.615. The zero-order chi connectivity index (χ0) is 12.0. The van der Waals surface area contributed by atoms with Gasteiger partial charge in [0.15, 0.2) is 0 Å². The molecule has 0 saturated carbocycles. The Hall–Kier alpha value is -1.01. The first-order valence-electron chi connectivity index (χ1n) is 6.63. The van der Waals surface area contributed by atoms with Crippen molar-refractivity contribution in [1.29, 1.82) is 0 Å². The van der Waals surface area contributed by atoms with E-state index in [4.69, 9.17) is 0 Å². The van der Waals surface area contributed by atoms with E-state index in [9.17, 15) is 0 Å². The van der Waals surface area contributed by atoms with Crippen molar-refractivity contribution in [2.24, 2.45) is 0 Å². The molecule has 96 valence electrons. The maximum atomic E-state index is 4.39. The highest BCUT2D eigenvalue weighted by Crippen LogP contribution is 2.28. The van der Waals surface area contributed by atoms with Crippen molar-refractivity contribution in [2.75, 3.05) is 39.6 Å². The second kappa shape index (κ2) is 3.99. The number of rotatable bonds is 3. The third kappa shape index (κ3) is 1.83. The average molecular weight is 245 g/mol. The van der Waals surface area contributed by atoms with Crippen LogP contribution < -0.4 is 5.32 Å². The summed E-state index contributed by atoms with van der Waals surface area (Å²) >= 11 is 0. The highest BCUT2D eigenvalue weighted by Gasteiger charge is 2.48. The van der Waals surface area contributed by atoms with Gasteiger partial charge in [-0.05, 0) is 12.1 Å². The molecule has 0 aromatic carbocycles. The molecule has 5 heterocycles. The van der Waals surface area contributed by atoms with Crippen LogP contribution in [0.25, 0.3) is 0 Å². The molecule has 4 aliphatic heterocycles. The van der Waals surface area contributed by atoms with Gasteiger partial charge in [-0.1, -0.05) is 6.07 Å². The van der Waals surface area contributed by atoms with E-state index in [0.717, 1.165) is 32.2 Å². The predicted octanol–water partition coefficient (Wildman–Crippen LogP) is -0.271. The van der Waals surface area contributed by atoms with Gasteiger partial charge in [0, 0.05) is 32.4 Å². The monoisotopic (exact) mass is 245 g/mol. The lowest BCUT2D eigenvalue weighted by Gasteiger charge is -2.60. The molecule has 18 heavy (non-hydrogen) atoms. The van der Waals surface area contributed by atoms with E-state index >= 15 is 0 Å². The summed E-state index contributed by atoms with van der Waals surface area (Å²) in [4.78, 5) is 12.0. The van der Waals surface area contributed by atoms with Crippen LogP contribution in [0.3, 0.4) is 0 Å². The van der Waals surface area contributed by atoms with Crippen LogP contribution in [0.1, 0.15) is 5.69 Å². The van der Waals surface area contributed by atoms with Gasteiger partial charge in [-0.15, -0.1) is 0 Å². The van der Waals surface area contributed by atoms with Crippen molar-refractivity contribution < 1.29 is 0 Å². The molecule has 5 nitrogen and oxygen atoms in total. The van der Waals surface area contributed by atoms with Gasteiger partial charge >= 0.3 is 0 Å². The second-order valence-electron chi connectivity index (χ2n) is 5.87. The van der Waals surface area contributed by atoms with Crippen molar-refractivity contribution in [3.8, 4) is 0 Å². The number of pyridine rings is 1. The molecule has 0 aliphatic carbocycles. The van der Waals surface area contributed by atoms with E-state index in [1.54, 1.807) is 0 Å². The molecule has 0 radical (unpaired) electrons. The Balaban J connectivity index is 1.48. The van der Waals surface area contributed by atoms with E-state index in [1.165, 1.54) is 19.6 Å². The van der Waals surface area contributed by atoms with Crippen LogP contribution in [0.15, 0.2) is 24.4 Å². The topological polar surface area (TPSA) is 34.6 Å². The van der Waals surface area contributed by atoms with Gasteiger partial charge in [-0.2, -0.15) is 0 Å². The van der Waals surface area contributed by atoms with E-state index in [2.05, 4.69) is 37.1 Å². The van der Waals surface area contributed by atoms with Gasteiger partial charge in [0.25, 0.3) is 0 Å². The molecule has 1 N–H and O–H groups in total. The molecule has 0 unspecified atom stereocenters. The maximum absolute atomic E-state index is 4.39. The minimum absolute atomic E-state index is 0.242. The first kappa shape index (κ1) is 10.9. The molecule has 5 heteroatoms. The van der Waals surface area contributed by atoms with Crippen LogP contribution in [0, 0.1) is 0 Å². The van der Waals surface area contributed by atoms with E-state index in [0.29, 0.717) is 0 Å². The Labute approximate surface area is 107 Å². The summed E-state index contributed by atoms with van der Waals surface area (Å²) in [6.07, 6.45) is 1.87. The molecule has 1 aromatic rings. The largest absolute Gasteiger partial charge is 0.302 e. The summed E-state index contributed by atoms with van der Waals surface area (Å²) in [5.41, 5.74) is 1.37. The van der Waals surface area contributed by atoms with Crippen LogP contribution in [0.4, 0.5) is 0 Å². The molecule has 1 aromatic heterocycles. The fourth-order valence-electron chi connectivity index (χ4n) is 3.67. The van der Waals surface area contributed by atoms with Crippen LogP contribution in [0.2, 0.25) is 0 Å². The zero-order valence-electron chi connectivity index (χ0n) is 10.5. The average Bonchev–Trinajstić information content (AvgIpc) is 2.36. The van der Waals surface area contributed by atoms with Gasteiger partial charge in [0.05, 0.1) is 31.2 Å². The van der Waals surface area contributed by atoms with E-state index in [-0.39, 0.29) is 5.54 Å². The van der Waals surface area contributed by atoms with Crippen molar-refractivity contribution >= 4 is 0 Å². The van der Waals surface area contributed by atoms with Gasteiger partial charge in [0.1, 0.15) is 0 Å². The summed E-state index contributed by atoms with van der Waals surface area (Å²) in [5, 5.41) is 3.76. The maximum Gasteiger partial charge on any atom is 0.0572 e. The van der Waals surface area contributed by atoms with Crippen molar-refractivity contribution in [3.63, 3.8) is 0 Å². The number of nitrogens with one attached hydrogen (secondary N) is 1. The minimum atomic E-state index is 0.242. The van der Waals surface area contributed by atoms with Crippen LogP contribution >= 0.6 is 0 Å². The highest BCUT2D eigenvalue weighted by molar-refractivity contribution is 5.09. The number of hydrogen-bond acceptors (Lipinski definition) is 5. The molecule has 0 amide bonds. The van der Waals surface area contributed by atoms with E-state index < -0.39 is 0 Å². The smallest absolute Gasteiger partial charge is 0.0572 e. The molecule has 4 bridgehead atoms. The van der Waals surface area contributed by atoms with Gasteiger partial charge < -0.3 is 5.32 Å². The first-order chi connectivity index (χ1) is 8.81. The molecule has 4 aliphatic rings. The van der Waals surface area contributed by atoms with Crippen LogP contribution in [-0.2, 0) is 6.54 Å². The van der Waals surface area contributed by atoms with Crippen molar-refractivity contribution in [3.05, 3.63) is 30.1 Å². The Morgan fingerprint density at radius 3 is 2.28 bits per heavy atom. The van der Waals surface area contributed by atoms with Crippen molar-refractivity contribution in [1.82, 2.24) is 25.0 Å². The predicted molar refractivity (Wildman–Crippen MR) is 68.5 cm³/mol. The molecule has 0 atom stereocenters. The first-order valence-corrected chi connectivity index (χ1v) is 6.63. The SMILES string of the molecule is c1ccc(CNC23CN4CN(CN(C4)C2)C3)nc1. The summed E-state index contributed by atoms with van der Waals surface area (Å²) in [6.45, 7) is 7.82. The number of hydrogen-bond donors (Lipinski definition) is 1. The third-order valence-corrected chi connectivity index (χ3v) is 4.15. The van der Waals surface area contributed by atoms with Gasteiger partial charge in [-0.3, -0.25) is 19.7 Å². The fourth-order valence-corrected chi connectivity index (χ4v) is 3.67. The zero-order valence-corrected chi connectivity index (χ0v) is 10.5. The summed E-state index contributed by atoms with van der Waals surface area (Å²) in [6, 6.07) is 6.12. The number of aromatic nitrogens is 1. The lowest BCUT2D eigenvalue weighted by Crippen LogP contribution is -2.79. The Kier molecular flexibility index (Phi) is 2.41. The summed E-state index contributed by atoms with van der Waals surface area (Å²) < 4.78 is 0. The Bertz CT molecular complexity index is 397. The molecule has 0 spiro atoms. The molecular weight excluding hydrogens is 226 g/mol. The molecule has 4 saturated heterocycles. The van der Waals surface area contributed by atoms with Crippen molar-refractivity contribution in [2.45, 2.75) is 12.1 Å². The Morgan fingerprint density at radius 2 is 1.72 bits per heavy atom. The van der Waals surface area contributed by atoms with E-state index in [1.807, 2.05) is 12.3 Å². The van der Waals surface area contributed by atoms with Crippen LogP contribution in [-0.4, -0.2) is 64.9 Å². The summed E-state index contributed by atoms with van der Waals surface area (Å²) in [5.74, 6) is 0. The molecular formula is C13H19N5. The minimum Gasteiger partial charge on any atom is -0.302 e. The lowest BCUT2D eigenvalue weighted by molar-refractivity contribution is -0.150. The van der Waals surface area contributed by atoms with Gasteiger partial charge in [-0.25, -0.2) is 0 Å². The van der Waals surface area contributed by atoms with Gasteiger partial charge in [0.2, 0.25) is 0 Å². The molecule has 4 fully saturated rings. The second-order valence-corrected chi connectivity index (χ2v) is 5.87. The standard InChI is InChI=1S/C13H19N5/c1-2-4-14-12(3-1)5-15-13-6-16-9-17(7-13)11-18(8-13)10-16/h1-4,15H,5-11H2. The molecule has 5 rings (SSSR count). The summed E-state index contributed by atoms with van der Waals surface area (Å²) in [7, 11) is 0. The lowest BCUT2D eigenvalue weighted by atomic mass is 9.91. The number of nitrogens with zero attached hydrogens (tertiary/aromatic N) is 4. The van der Waals surface area contributed by atoms with Crippen LogP contribution in [0.5, 0.6) is 0 Å². The normalized spacial score (nSPS) is 41.2. The quantitative estimate of drug-likeness (QED) is 0.793.